The standard InChI is InChI=1S/C14H14Br2N2O/c1-17-6-10-2-3-14(13(16)5-10)19-9-11-4-12(15)8-18-7-11/h2-5,7-8,17H,6,9H2,1H3. The summed E-state index contributed by atoms with van der Waals surface area (Å²) in [4.78, 5) is 4.11. The second-order valence-electron chi connectivity index (χ2n) is 4.10. The van der Waals surface area contributed by atoms with Crippen LogP contribution in [0.15, 0.2) is 45.6 Å². The van der Waals surface area contributed by atoms with Crippen molar-refractivity contribution in [1.29, 1.82) is 0 Å². The summed E-state index contributed by atoms with van der Waals surface area (Å²) >= 11 is 6.92. The lowest BCUT2D eigenvalue weighted by atomic mass is 10.2. The molecule has 2 rings (SSSR count). The Morgan fingerprint density at radius 2 is 2.00 bits per heavy atom. The number of aromatic nitrogens is 1. The highest BCUT2D eigenvalue weighted by Gasteiger charge is 2.03. The van der Waals surface area contributed by atoms with E-state index < -0.39 is 0 Å². The van der Waals surface area contributed by atoms with Gasteiger partial charge in [0.1, 0.15) is 12.4 Å². The quantitative estimate of drug-likeness (QED) is 0.847. The second-order valence-corrected chi connectivity index (χ2v) is 5.87. The third kappa shape index (κ3) is 4.30. The van der Waals surface area contributed by atoms with Gasteiger partial charge < -0.3 is 10.1 Å². The lowest BCUT2D eigenvalue weighted by Gasteiger charge is -2.10. The Morgan fingerprint density at radius 3 is 2.68 bits per heavy atom. The molecule has 0 saturated carbocycles. The van der Waals surface area contributed by atoms with Crippen LogP contribution in [0.25, 0.3) is 0 Å². The molecule has 1 aromatic carbocycles. The van der Waals surface area contributed by atoms with Gasteiger partial charge in [-0.2, -0.15) is 0 Å². The Hall–Kier alpha value is -0.910. The molecule has 0 saturated heterocycles. The Balaban J connectivity index is 2.03. The molecule has 0 fully saturated rings. The molecule has 0 amide bonds. The molecular formula is C14H14Br2N2O. The van der Waals surface area contributed by atoms with Crippen molar-refractivity contribution in [3.05, 3.63) is 56.7 Å². The average molecular weight is 386 g/mol. The lowest BCUT2D eigenvalue weighted by Crippen LogP contribution is -2.05. The van der Waals surface area contributed by atoms with Gasteiger partial charge in [0.25, 0.3) is 0 Å². The third-order valence-electron chi connectivity index (χ3n) is 2.53. The monoisotopic (exact) mass is 384 g/mol. The van der Waals surface area contributed by atoms with E-state index in [0.29, 0.717) is 6.61 Å². The molecule has 0 aliphatic rings. The highest BCUT2D eigenvalue weighted by Crippen LogP contribution is 2.27. The zero-order valence-corrected chi connectivity index (χ0v) is 13.7. The van der Waals surface area contributed by atoms with Crippen LogP contribution in [0.3, 0.4) is 0 Å². The first-order valence-corrected chi connectivity index (χ1v) is 7.43. The molecule has 0 radical (unpaired) electrons. The highest BCUT2D eigenvalue weighted by molar-refractivity contribution is 9.10. The molecule has 0 atom stereocenters. The summed E-state index contributed by atoms with van der Waals surface area (Å²) in [5, 5.41) is 3.12. The molecule has 1 heterocycles. The second kappa shape index (κ2) is 7.03. The van der Waals surface area contributed by atoms with Crippen molar-refractivity contribution in [3.8, 4) is 5.75 Å². The first kappa shape index (κ1) is 14.5. The largest absolute Gasteiger partial charge is 0.488 e. The molecule has 100 valence electrons. The number of rotatable bonds is 5. The van der Waals surface area contributed by atoms with E-state index in [9.17, 15) is 0 Å². The Labute approximate surface area is 129 Å². The summed E-state index contributed by atoms with van der Waals surface area (Å²) in [5.41, 5.74) is 2.24. The fourth-order valence-corrected chi connectivity index (χ4v) is 2.62. The van der Waals surface area contributed by atoms with Crippen molar-refractivity contribution in [2.24, 2.45) is 0 Å². The minimum atomic E-state index is 0.496. The number of pyridine rings is 1. The number of ether oxygens (including phenoxy) is 1. The molecule has 5 heteroatoms. The van der Waals surface area contributed by atoms with Crippen molar-refractivity contribution >= 4 is 31.9 Å². The summed E-state index contributed by atoms with van der Waals surface area (Å²) in [6, 6.07) is 8.08. The van der Waals surface area contributed by atoms with Crippen LogP contribution in [-0.2, 0) is 13.2 Å². The maximum Gasteiger partial charge on any atom is 0.134 e. The van der Waals surface area contributed by atoms with Gasteiger partial charge in [-0.05, 0) is 62.7 Å². The molecule has 3 nitrogen and oxygen atoms in total. The number of nitrogens with one attached hydrogen (secondary N) is 1. The van der Waals surface area contributed by atoms with Gasteiger partial charge in [0, 0.05) is 29.0 Å². The van der Waals surface area contributed by atoms with Gasteiger partial charge in [0.05, 0.1) is 4.47 Å². The predicted octanol–water partition coefficient (Wildman–Crippen LogP) is 3.91. The molecule has 2 aromatic rings. The number of hydrogen-bond acceptors (Lipinski definition) is 3. The van der Waals surface area contributed by atoms with Crippen LogP contribution in [-0.4, -0.2) is 12.0 Å². The molecule has 1 N–H and O–H groups in total. The SMILES string of the molecule is CNCc1ccc(OCc2cncc(Br)c2)c(Br)c1. The fraction of sp³-hybridized carbons (Fsp3) is 0.214. The van der Waals surface area contributed by atoms with Crippen molar-refractivity contribution in [2.45, 2.75) is 13.2 Å². The van der Waals surface area contributed by atoms with Gasteiger partial charge in [0.15, 0.2) is 0 Å². The van der Waals surface area contributed by atoms with E-state index in [4.69, 9.17) is 4.74 Å². The van der Waals surface area contributed by atoms with Crippen LogP contribution in [0.2, 0.25) is 0 Å². The lowest BCUT2D eigenvalue weighted by molar-refractivity contribution is 0.303. The minimum Gasteiger partial charge on any atom is -0.488 e. The summed E-state index contributed by atoms with van der Waals surface area (Å²) < 4.78 is 7.70. The topological polar surface area (TPSA) is 34.1 Å². The summed E-state index contributed by atoms with van der Waals surface area (Å²) in [5.74, 6) is 0.833. The smallest absolute Gasteiger partial charge is 0.134 e. The predicted molar refractivity (Wildman–Crippen MR) is 83.2 cm³/mol. The van der Waals surface area contributed by atoms with Crippen molar-refractivity contribution in [3.63, 3.8) is 0 Å². The van der Waals surface area contributed by atoms with E-state index in [1.165, 1.54) is 5.56 Å². The molecule has 1 aromatic heterocycles. The molecular weight excluding hydrogens is 372 g/mol. The van der Waals surface area contributed by atoms with E-state index in [2.05, 4.69) is 54.3 Å². The first-order chi connectivity index (χ1) is 9.19. The average Bonchev–Trinajstić information content (AvgIpc) is 2.38. The van der Waals surface area contributed by atoms with Crippen LogP contribution in [0.5, 0.6) is 5.75 Å². The van der Waals surface area contributed by atoms with Gasteiger partial charge in [0.2, 0.25) is 0 Å². The minimum absolute atomic E-state index is 0.496. The molecule has 0 aliphatic heterocycles. The number of benzene rings is 1. The highest BCUT2D eigenvalue weighted by atomic mass is 79.9. The fourth-order valence-electron chi connectivity index (χ4n) is 1.67. The Kier molecular flexibility index (Phi) is 5.36. The van der Waals surface area contributed by atoms with Crippen LogP contribution in [0.1, 0.15) is 11.1 Å². The number of nitrogens with zero attached hydrogens (tertiary/aromatic N) is 1. The van der Waals surface area contributed by atoms with Crippen molar-refractivity contribution in [1.82, 2.24) is 10.3 Å². The maximum atomic E-state index is 5.78. The third-order valence-corrected chi connectivity index (χ3v) is 3.59. The van der Waals surface area contributed by atoms with Gasteiger partial charge >= 0.3 is 0 Å². The van der Waals surface area contributed by atoms with Crippen molar-refractivity contribution in [2.75, 3.05) is 7.05 Å². The summed E-state index contributed by atoms with van der Waals surface area (Å²) in [6.07, 6.45) is 3.56. The van der Waals surface area contributed by atoms with E-state index in [0.717, 1.165) is 26.8 Å². The zero-order valence-electron chi connectivity index (χ0n) is 10.5. The van der Waals surface area contributed by atoms with Crippen LogP contribution < -0.4 is 10.1 Å². The normalized spacial score (nSPS) is 10.5. The maximum absolute atomic E-state index is 5.78. The number of hydrogen-bond donors (Lipinski definition) is 1. The van der Waals surface area contributed by atoms with Crippen molar-refractivity contribution < 1.29 is 4.74 Å². The van der Waals surface area contributed by atoms with Gasteiger partial charge in [-0.15, -0.1) is 0 Å². The molecule has 19 heavy (non-hydrogen) atoms. The summed E-state index contributed by atoms with van der Waals surface area (Å²) in [7, 11) is 1.93. The molecule has 0 bridgehead atoms. The van der Waals surface area contributed by atoms with Gasteiger partial charge in [-0.3, -0.25) is 4.98 Å². The molecule has 0 spiro atoms. The van der Waals surface area contributed by atoms with Crippen LogP contribution in [0, 0.1) is 0 Å². The molecule has 0 aliphatic carbocycles. The van der Waals surface area contributed by atoms with E-state index in [1.807, 2.05) is 19.2 Å². The van der Waals surface area contributed by atoms with E-state index in [1.54, 1.807) is 12.4 Å². The van der Waals surface area contributed by atoms with Crippen LogP contribution >= 0.6 is 31.9 Å². The van der Waals surface area contributed by atoms with Gasteiger partial charge in [-0.25, -0.2) is 0 Å². The first-order valence-electron chi connectivity index (χ1n) is 5.84. The zero-order chi connectivity index (χ0) is 13.7. The Morgan fingerprint density at radius 1 is 1.16 bits per heavy atom. The Bertz CT molecular complexity index is 561. The van der Waals surface area contributed by atoms with E-state index >= 15 is 0 Å². The number of halogens is 2. The van der Waals surface area contributed by atoms with Crippen LogP contribution in [0.4, 0.5) is 0 Å². The van der Waals surface area contributed by atoms with Gasteiger partial charge in [-0.1, -0.05) is 6.07 Å². The van der Waals surface area contributed by atoms with E-state index in [-0.39, 0.29) is 0 Å². The summed E-state index contributed by atoms with van der Waals surface area (Å²) in [6.45, 7) is 1.34. The molecule has 0 unspecified atom stereocenters.